The van der Waals surface area contributed by atoms with Gasteiger partial charge in [-0.15, -0.1) is 0 Å². The van der Waals surface area contributed by atoms with Crippen molar-refractivity contribution in [2.45, 2.75) is 43.3 Å². The number of aromatic nitrogens is 5. The summed E-state index contributed by atoms with van der Waals surface area (Å²) >= 11 is 6.42. The molecule has 0 aliphatic carbocycles. The van der Waals surface area contributed by atoms with Gasteiger partial charge in [0.25, 0.3) is 5.89 Å². The Labute approximate surface area is 318 Å². The van der Waals surface area contributed by atoms with Crippen LogP contribution >= 0.6 is 11.6 Å². The van der Waals surface area contributed by atoms with Gasteiger partial charge in [0.2, 0.25) is 5.91 Å². The maximum absolute atomic E-state index is 16.8. The smallest absolute Gasteiger partial charge is 0.434 e. The van der Waals surface area contributed by atoms with Gasteiger partial charge < -0.3 is 18.9 Å². The molecule has 16 heteroatoms. The number of alkyl halides is 1. The fraction of sp³-hybridized carbons (Fsp3) is 0.410. The van der Waals surface area contributed by atoms with Crippen LogP contribution in [0, 0.1) is 17.6 Å². The topological polar surface area (TPSA) is 123 Å². The second kappa shape index (κ2) is 14.3. The summed E-state index contributed by atoms with van der Waals surface area (Å²) in [4.78, 5) is 35.1. The van der Waals surface area contributed by atoms with Crippen molar-refractivity contribution in [3.8, 4) is 17.3 Å². The van der Waals surface area contributed by atoms with E-state index in [9.17, 15) is 13.6 Å². The van der Waals surface area contributed by atoms with Gasteiger partial charge >= 0.3 is 11.8 Å². The van der Waals surface area contributed by atoms with E-state index in [-0.39, 0.29) is 52.5 Å². The maximum Gasteiger partial charge on any atom is 0.434 e. The summed E-state index contributed by atoms with van der Waals surface area (Å²) in [5, 5.41) is 5.10. The molecule has 0 saturated carbocycles. The van der Waals surface area contributed by atoms with Crippen LogP contribution in [0.25, 0.3) is 39.0 Å². The van der Waals surface area contributed by atoms with Crippen molar-refractivity contribution in [2.75, 3.05) is 53.0 Å². The average molecular weight is 774 g/mol. The first-order chi connectivity index (χ1) is 26.7. The molecule has 3 aromatic heterocycles. The second-order valence-electron chi connectivity index (χ2n) is 14.8. The first-order valence-corrected chi connectivity index (χ1v) is 18.7. The number of ether oxygens (including phenoxy) is 2. The summed E-state index contributed by atoms with van der Waals surface area (Å²) in [6, 6.07) is 7.91. The van der Waals surface area contributed by atoms with Crippen LogP contribution in [0.4, 0.5) is 19.0 Å². The third-order valence-electron chi connectivity index (χ3n) is 11.2. The lowest BCUT2D eigenvalue weighted by Gasteiger charge is -2.30. The van der Waals surface area contributed by atoms with Crippen LogP contribution in [-0.4, -0.2) is 116 Å². The first-order valence-electron chi connectivity index (χ1n) is 18.4. The largest absolute Gasteiger partial charge is 0.443 e. The number of fused-ring (bicyclic) bond motifs is 3. The Morgan fingerprint density at radius 1 is 1.15 bits per heavy atom. The Kier molecular flexibility index (Phi) is 9.25. The van der Waals surface area contributed by atoms with Crippen molar-refractivity contribution in [1.29, 1.82) is 0 Å². The van der Waals surface area contributed by atoms with Crippen LogP contribution in [0.5, 0.6) is 6.01 Å². The van der Waals surface area contributed by atoms with Gasteiger partial charge in [-0.3, -0.25) is 14.7 Å². The fourth-order valence-electron chi connectivity index (χ4n) is 8.31. The highest BCUT2D eigenvalue weighted by Crippen LogP contribution is 2.41. The fourth-order valence-corrected chi connectivity index (χ4v) is 8.58. The molecule has 55 heavy (non-hydrogen) atoms. The van der Waals surface area contributed by atoms with Gasteiger partial charge in [-0.25, -0.2) is 17.7 Å². The van der Waals surface area contributed by atoms with E-state index in [0.29, 0.717) is 79.1 Å². The quantitative estimate of drug-likeness (QED) is 0.0982. The third kappa shape index (κ3) is 6.61. The van der Waals surface area contributed by atoms with Crippen LogP contribution in [0.1, 0.15) is 43.3 Å². The van der Waals surface area contributed by atoms with Crippen LogP contribution in [0.2, 0.25) is 5.02 Å². The maximum atomic E-state index is 16.8. The Morgan fingerprint density at radius 2 is 2.02 bits per heavy atom. The van der Waals surface area contributed by atoms with Gasteiger partial charge in [-0.05, 0) is 37.3 Å². The standard InChI is InChI=1S/C39H37ClF3N8O4/c1-49(16-22-10-13-50(17-22)30(52)9-8-29-45-36(48-55-29)24-19-53-20-24)37-27-15-44-34(26-5-2-4-23-6-7-28(42)32(40)31(23)26)33(43)35(27)46-38(47-37)54-21-39-11-3-12-51(39)18-25(41)14-39/h2,4-9,15-16,22,24-25H,3,10-14,17-21H2,1H3/q+1/b9-8+,49-16?/t22?,25-,39+/m1/s1. The molecule has 1 unspecified atom stereocenters. The molecule has 5 aromatic rings. The number of hydrogen-bond acceptors (Lipinski definition) is 10. The van der Waals surface area contributed by atoms with Crippen molar-refractivity contribution in [2.24, 2.45) is 5.92 Å². The molecule has 3 atom stereocenters. The van der Waals surface area contributed by atoms with Crippen molar-refractivity contribution >= 4 is 57.3 Å². The van der Waals surface area contributed by atoms with E-state index < -0.39 is 23.3 Å². The normalized spacial score (nSPS) is 23.4. The molecule has 1 amide bonds. The van der Waals surface area contributed by atoms with E-state index in [1.807, 2.05) is 6.21 Å². The average Bonchev–Trinajstić information content (AvgIpc) is 3.96. The van der Waals surface area contributed by atoms with Crippen LogP contribution in [-0.2, 0) is 9.53 Å². The number of hydrogen-bond donors (Lipinski definition) is 0. The SMILES string of the molecule is C[N+](=CC1CCN(C(=O)/C=C/c2nc(C3COC3)no2)C1)c1nc(OC[C@@]23CCCN2C[C@H](F)C3)nc2c(F)c(-c3cccc4ccc(F)c(Cl)c34)ncc12. The summed E-state index contributed by atoms with van der Waals surface area (Å²) < 4.78 is 64.5. The van der Waals surface area contributed by atoms with Gasteiger partial charge in [-0.2, -0.15) is 9.97 Å². The molecule has 12 nitrogen and oxygen atoms in total. The molecule has 4 aliphatic heterocycles. The number of rotatable bonds is 9. The van der Waals surface area contributed by atoms with Gasteiger partial charge in [-0.1, -0.05) is 41.0 Å². The lowest BCUT2D eigenvalue weighted by atomic mass is 9.95. The number of amides is 1. The summed E-state index contributed by atoms with van der Waals surface area (Å²) in [5.41, 5.74) is -0.279. The highest BCUT2D eigenvalue weighted by Gasteiger charge is 2.49. The third-order valence-corrected chi connectivity index (χ3v) is 11.6. The van der Waals surface area contributed by atoms with E-state index in [1.54, 1.807) is 40.8 Å². The van der Waals surface area contributed by atoms with E-state index >= 15 is 4.39 Å². The zero-order chi connectivity index (χ0) is 37.8. The van der Waals surface area contributed by atoms with Crippen LogP contribution in [0.15, 0.2) is 47.1 Å². The Hall–Kier alpha value is -4.99. The predicted molar refractivity (Wildman–Crippen MR) is 197 cm³/mol. The minimum absolute atomic E-state index is 0.0484. The Balaban J connectivity index is 1.03. The summed E-state index contributed by atoms with van der Waals surface area (Å²) in [6.07, 6.45) is 8.15. The van der Waals surface area contributed by atoms with Crippen molar-refractivity contribution in [3.05, 3.63) is 71.0 Å². The summed E-state index contributed by atoms with van der Waals surface area (Å²) in [6.45, 7) is 3.35. The molecule has 284 valence electrons. The molecular weight excluding hydrogens is 737 g/mol. The highest BCUT2D eigenvalue weighted by molar-refractivity contribution is 6.36. The van der Waals surface area contributed by atoms with E-state index in [2.05, 4.69) is 25.0 Å². The molecule has 7 heterocycles. The highest BCUT2D eigenvalue weighted by atomic mass is 35.5. The van der Waals surface area contributed by atoms with Crippen molar-refractivity contribution in [1.82, 2.24) is 34.9 Å². The Morgan fingerprint density at radius 3 is 2.85 bits per heavy atom. The molecule has 0 spiro atoms. The number of carbonyl (C=O) groups excluding carboxylic acids is 1. The van der Waals surface area contributed by atoms with E-state index in [4.69, 9.17) is 30.6 Å². The van der Waals surface area contributed by atoms with Crippen molar-refractivity contribution in [3.63, 3.8) is 0 Å². The number of benzene rings is 2. The molecule has 0 bridgehead atoms. The zero-order valence-corrected chi connectivity index (χ0v) is 30.7. The van der Waals surface area contributed by atoms with Gasteiger partial charge in [0.1, 0.15) is 35.2 Å². The van der Waals surface area contributed by atoms with Crippen molar-refractivity contribution < 1.29 is 36.5 Å². The number of halogens is 4. The lowest BCUT2D eigenvalue weighted by Crippen LogP contribution is -2.43. The molecular formula is C39H37ClF3N8O4+. The number of pyridine rings is 1. The minimum atomic E-state index is -0.950. The van der Waals surface area contributed by atoms with E-state index in [1.165, 1.54) is 24.4 Å². The van der Waals surface area contributed by atoms with Gasteiger partial charge in [0, 0.05) is 66.3 Å². The van der Waals surface area contributed by atoms with Gasteiger partial charge in [0.15, 0.2) is 11.6 Å². The summed E-state index contributed by atoms with van der Waals surface area (Å²) in [7, 11) is 1.79. The van der Waals surface area contributed by atoms with Gasteiger partial charge in [0.05, 0.1) is 43.0 Å². The van der Waals surface area contributed by atoms with E-state index in [0.717, 1.165) is 19.4 Å². The first kappa shape index (κ1) is 35.7. The lowest BCUT2D eigenvalue weighted by molar-refractivity contribution is -0.405. The predicted octanol–water partition coefficient (Wildman–Crippen LogP) is 6.14. The number of carbonyl (C=O) groups is 1. The minimum Gasteiger partial charge on any atom is -0.443 e. The molecule has 0 N–H and O–H groups in total. The van der Waals surface area contributed by atoms with Crippen LogP contribution < -0.4 is 4.74 Å². The zero-order valence-electron chi connectivity index (χ0n) is 29.9. The number of likely N-dealkylation sites (tertiary alicyclic amines) is 1. The molecule has 4 fully saturated rings. The molecule has 2 aromatic carbocycles. The van der Waals surface area contributed by atoms with Crippen LogP contribution in [0.3, 0.4) is 0 Å². The monoisotopic (exact) mass is 773 g/mol. The molecule has 4 aliphatic rings. The molecule has 9 rings (SSSR count). The molecule has 4 saturated heterocycles. The Bertz CT molecular complexity index is 2390. The molecule has 0 radical (unpaired) electrons. The second-order valence-corrected chi connectivity index (χ2v) is 15.2. The summed E-state index contributed by atoms with van der Waals surface area (Å²) in [5.74, 6) is -0.365. The number of nitrogens with zero attached hydrogens (tertiary/aromatic N) is 8.